The van der Waals surface area contributed by atoms with Crippen molar-refractivity contribution in [1.82, 2.24) is 9.80 Å². The van der Waals surface area contributed by atoms with Crippen LogP contribution in [0.5, 0.6) is 0 Å². The van der Waals surface area contributed by atoms with Crippen molar-refractivity contribution in [3.05, 3.63) is 24.6 Å². The third-order valence-electron chi connectivity index (χ3n) is 4.91. The maximum absolute atomic E-state index is 6.14. The summed E-state index contributed by atoms with van der Waals surface area (Å²) in [5.41, 5.74) is 2.15. The molecule has 0 saturated heterocycles. The minimum Gasteiger partial charge on any atom is -0.599 e. The molecule has 1 saturated carbocycles. The molecule has 0 spiro atoms. The largest absolute Gasteiger partial charge is 0.599 e. The summed E-state index contributed by atoms with van der Waals surface area (Å²) in [6.07, 6.45) is 9.21. The maximum Gasteiger partial charge on any atom is 0.0339 e. The molecule has 6 heteroatoms. The Morgan fingerprint density at radius 2 is 1.46 bits per heavy atom. The van der Waals surface area contributed by atoms with Gasteiger partial charge < -0.3 is 44.3 Å². The fraction of sp³-hybridized carbons (Fsp3) is 0.700. The van der Waals surface area contributed by atoms with Gasteiger partial charge in [-0.1, -0.05) is 70.5 Å². The van der Waals surface area contributed by atoms with Crippen LogP contribution in [-0.4, -0.2) is 48.7 Å². The number of hydrogen-bond donors (Lipinski definition) is 0. The number of nitrogens with zero attached hydrogens (tertiary/aromatic N) is 4. The second kappa shape index (κ2) is 12.2. The van der Waals surface area contributed by atoms with Gasteiger partial charge in [0.25, 0.3) is 0 Å². The third kappa shape index (κ3) is 7.22. The Hall–Kier alpha value is 0.628. The molecule has 2 heterocycles. The summed E-state index contributed by atoms with van der Waals surface area (Å²) in [6, 6.07) is 0. The van der Waals surface area contributed by atoms with Crippen LogP contribution in [-0.2, 0) is 65.4 Å². The van der Waals surface area contributed by atoms with E-state index < -0.39 is 0 Å². The number of hydrogen-bond acceptors (Lipinski definition) is 4. The van der Waals surface area contributed by atoms with Crippen molar-refractivity contribution in [3.63, 3.8) is 0 Å². The van der Waals surface area contributed by atoms with Gasteiger partial charge in [-0.2, -0.15) is 0 Å². The second-order valence-electron chi connectivity index (χ2n) is 7.55. The Morgan fingerprint density at radius 1 is 0.962 bits per heavy atom. The molecule has 0 amide bonds. The monoisotopic (exact) mass is 504 g/mol. The van der Waals surface area contributed by atoms with Crippen molar-refractivity contribution >= 4 is 12.7 Å². The van der Waals surface area contributed by atoms with E-state index in [-0.39, 0.29) is 70.8 Å². The van der Waals surface area contributed by atoms with Crippen LogP contribution in [0, 0.1) is 30.4 Å². The minimum atomic E-state index is 0. The molecule has 0 unspecified atom stereocenters. The van der Waals surface area contributed by atoms with Gasteiger partial charge in [0.2, 0.25) is 0 Å². The van der Waals surface area contributed by atoms with Gasteiger partial charge in [0.15, 0.2) is 0 Å². The fourth-order valence-corrected chi connectivity index (χ4v) is 3.11. The summed E-state index contributed by atoms with van der Waals surface area (Å²) in [4.78, 5) is 11.9. The van der Waals surface area contributed by atoms with E-state index in [1.807, 2.05) is 9.80 Å². The van der Waals surface area contributed by atoms with Crippen LogP contribution in [0.2, 0.25) is 0 Å². The van der Waals surface area contributed by atoms with E-state index in [9.17, 15) is 0 Å². The molecule has 140 valence electrons. The van der Waals surface area contributed by atoms with Gasteiger partial charge in [0.1, 0.15) is 0 Å². The molecule has 3 rings (SSSR count). The van der Waals surface area contributed by atoms with E-state index in [0.29, 0.717) is 11.8 Å². The summed E-state index contributed by atoms with van der Waals surface area (Å²) < 4.78 is 0. The van der Waals surface area contributed by atoms with Crippen LogP contribution < -0.4 is 0 Å². The molecular formula is C20H30N4Y2-4. The zero-order valence-corrected chi connectivity index (χ0v) is 22.4. The smallest absolute Gasteiger partial charge is 0.0339 e. The van der Waals surface area contributed by atoms with E-state index in [2.05, 4.69) is 50.4 Å². The quantitative estimate of drug-likeness (QED) is 0.519. The molecule has 0 aromatic carbocycles. The molecule has 3 aliphatic rings. The molecular weight excluding hydrogens is 474 g/mol. The predicted molar refractivity (Wildman–Crippen MR) is 99.6 cm³/mol. The van der Waals surface area contributed by atoms with Crippen LogP contribution in [0.15, 0.2) is 21.4 Å². The second-order valence-corrected chi connectivity index (χ2v) is 7.55. The topological polar surface area (TPSA) is 31.2 Å². The Morgan fingerprint density at radius 3 is 1.81 bits per heavy atom. The van der Waals surface area contributed by atoms with Gasteiger partial charge >= 0.3 is 0 Å². The van der Waals surface area contributed by atoms with Crippen LogP contribution in [0.1, 0.15) is 47.0 Å². The Labute approximate surface area is 210 Å². The van der Waals surface area contributed by atoms with Gasteiger partial charge in [0, 0.05) is 91.6 Å². The van der Waals surface area contributed by atoms with Crippen molar-refractivity contribution in [2.45, 2.75) is 47.0 Å². The van der Waals surface area contributed by atoms with E-state index in [4.69, 9.17) is 13.2 Å². The van der Waals surface area contributed by atoms with Crippen molar-refractivity contribution in [3.8, 4) is 0 Å². The van der Waals surface area contributed by atoms with Crippen LogP contribution >= 0.6 is 0 Å². The van der Waals surface area contributed by atoms with Crippen molar-refractivity contribution in [1.29, 1.82) is 0 Å². The third-order valence-corrected chi connectivity index (χ3v) is 4.91. The molecule has 0 atom stereocenters. The molecule has 0 aromatic rings. The first kappa shape index (κ1) is 26.6. The molecule has 1 aliphatic carbocycles. The minimum absolute atomic E-state index is 0. The van der Waals surface area contributed by atoms with E-state index in [1.54, 1.807) is 0 Å². The Kier molecular flexibility index (Phi) is 12.5. The maximum atomic E-state index is 6.14. The molecule has 4 nitrogen and oxygen atoms in total. The molecule has 0 aromatic heterocycles. The number of rotatable bonds is 6. The van der Waals surface area contributed by atoms with Crippen LogP contribution in [0.3, 0.4) is 0 Å². The molecule has 2 radical (unpaired) electrons. The summed E-state index contributed by atoms with van der Waals surface area (Å²) in [7, 11) is 0. The average molecular weight is 504 g/mol. The zero-order chi connectivity index (χ0) is 17.7. The molecule has 26 heavy (non-hydrogen) atoms. The first-order chi connectivity index (χ1) is 11.4. The number of aliphatic imine (C=N–C) groups is 2. The van der Waals surface area contributed by atoms with Crippen LogP contribution in [0.4, 0.5) is 0 Å². The molecule has 0 bridgehead atoms. The first-order valence-electron chi connectivity index (χ1n) is 9.00. The summed E-state index contributed by atoms with van der Waals surface area (Å²) in [5.74, 6) is 1.24. The van der Waals surface area contributed by atoms with Crippen molar-refractivity contribution in [2.75, 3.05) is 26.2 Å². The van der Waals surface area contributed by atoms with Gasteiger partial charge in [-0.05, 0) is 0 Å². The standard InChI is InChI=1S/C11H16N2.C9H14N2.2Y/c1-9(2)11(4-5-11)10(3)13-7-6-12-8-13;1-8(2)6-9(3)11-5-4-10-7-11;;/h3,9H,4-7H2,1-2H3;3,8H,4-6H2,1-2H3;;/q2*-2;;. The summed E-state index contributed by atoms with van der Waals surface area (Å²) >= 11 is 0. The van der Waals surface area contributed by atoms with Crippen LogP contribution in [0.25, 0.3) is 0 Å². The summed E-state index contributed by atoms with van der Waals surface area (Å²) in [6.45, 7) is 24.2. The summed E-state index contributed by atoms with van der Waals surface area (Å²) in [5, 5.41) is 0. The average Bonchev–Trinajstić information content (AvgIpc) is 2.94. The van der Waals surface area contributed by atoms with Crippen molar-refractivity contribution in [2.24, 2.45) is 27.2 Å². The predicted octanol–water partition coefficient (Wildman–Crippen LogP) is 3.53. The Bertz CT molecular complexity index is 522. The van der Waals surface area contributed by atoms with Gasteiger partial charge in [-0.3, -0.25) is 0 Å². The SMILES string of the molecule is [CH-]=C(CC(C)C)N1[C-]=NCC1.[CH-]=C(N1[C-]=NCC1)C1(C(C)C)CC1.[Y].[Y]. The number of allylic oxidation sites excluding steroid dienone is 2. The van der Waals surface area contributed by atoms with Gasteiger partial charge in [-0.15, -0.1) is 6.42 Å². The Balaban J connectivity index is 0.000000453. The molecule has 2 aliphatic heterocycles. The van der Waals surface area contributed by atoms with E-state index in [0.717, 1.165) is 44.0 Å². The van der Waals surface area contributed by atoms with E-state index in [1.165, 1.54) is 12.8 Å². The van der Waals surface area contributed by atoms with Gasteiger partial charge in [0.05, 0.1) is 0 Å². The van der Waals surface area contributed by atoms with E-state index >= 15 is 0 Å². The molecule has 0 N–H and O–H groups in total. The van der Waals surface area contributed by atoms with Crippen molar-refractivity contribution < 1.29 is 65.4 Å². The first-order valence-corrected chi connectivity index (χ1v) is 9.00. The van der Waals surface area contributed by atoms with Gasteiger partial charge in [-0.25, -0.2) is 0 Å². The normalized spacial score (nSPS) is 19.0. The fourth-order valence-electron chi connectivity index (χ4n) is 3.11. The molecule has 1 fully saturated rings. The zero-order valence-electron chi connectivity index (χ0n) is 16.7.